The van der Waals surface area contributed by atoms with Gasteiger partial charge in [0, 0.05) is 18.4 Å². The minimum absolute atomic E-state index is 0.0814. The number of hydrogen-bond donors (Lipinski definition) is 0. The molecule has 6 aliphatic rings. The van der Waals surface area contributed by atoms with Crippen molar-refractivity contribution in [1.82, 2.24) is 0 Å². The zero-order chi connectivity index (χ0) is 26.4. The van der Waals surface area contributed by atoms with Crippen molar-refractivity contribution in [3.8, 4) is 5.75 Å². The molecule has 0 unspecified atom stereocenters. The highest BCUT2D eigenvalue weighted by molar-refractivity contribution is 6.22. The first kappa shape index (κ1) is 22.7. The van der Waals surface area contributed by atoms with Gasteiger partial charge in [-0.25, -0.2) is 0 Å². The number of carbonyl (C=O) groups excluding carboxylic acids is 4. The Bertz CT molecular complexity index is 1570. The second-order valence-corrected chi connectivity index (χ2v) is 11.5. The van der Waals surface area contributed by atoms with E-state index in [1.165, 1.54) is 4.90 Å². The Kier molecular flexibility index (Phi) is 4.73. The minimum atomic E-state index is -0.588. The molecule has 0 spiro atoms. The summed E-state index contributed by atoms with van der Waals surface area (Å²) in [5.74, 6) is -0.125. The van der Waals surface area contributed by atoms with Crippen LogP contribution in [0.5, 0.6) is 5.75 Å². The molecule has 7 heteroatoms. The number of imide groups is 1. The molecule has 3 aromatic carbocycles. The summed E-state index contributed by atoms with van der Waals surface area (Å²) in [5, 5.41) is 1.99. The molecular formula is C32H26N2O5. The van der Waals surface area contributed by atoms with Crippen molar-refractivity contribution in [2.75, 3.05) is 16.3 Å². The molecule has 3 aromatic rings. The maximum Gasteiger partial charge on any atom is 0.316 e. The van der Waals surface area contributed by atoms with Gasteiger partial charge in [0.25, 0.3) is 0 Å². The molecule has 39 heavy (non-hydrogen) atoms. The third-order valence-electron chi connectivity index (χ3n) is 9.49. The SMILES string of the molecule is O=C(Oc1ccc(N2C(=O)[C@@H]3[C@H]4C=C[C@@H]([C@@H]5C[C@H]45)[C@@H]3C2=O)cc1)[C@H]1CC(=O)N(c2cccc3ccccc23)C1. The maximum atomic E-state index is 13.4. The normalized spacial score (nSPS) is 32.1. The van der Waals surface area contributed by atoms with E-state index in [0.29, 0.717) is 23.3 Å². The number of hydrogen-bond acceptors (Lipinski definition) is 5. The summed E-state index contributed by atoms with van der Waals surface area (Å²) in [7, 11) is 0. The van der Waals surface area contributed by atoms with Gasteiger partial charge in [0.05, 0.1) is 29.1 Å². The van der Waals surface area contributed by atoms with Gasteiger partial charge in [-0.3, -0.25) is 24.1 Å². The lowest BCUT2D eigenvalue weighted by Crippen LogP contribution is -2.40. The summed E-state index contributed by atoms with van der Waals surface area (Å²) < 4.78 is 5.63. The predicted octanol–water partition coefficient (Wildman–Crippen LogP) is 4.36. The van der Waals surface area contributed by atoms with E-state index in [2.05, 4.69) is 12.2 Å². The van der Waals surface area contributed by atoms with E-state index >= 15 is 0 Å². The van der Waals surface area contributed by atoms with Crippen molar-refractivity contribution in [2.45, 2.75) is 12.8 Å². The quantitative estimate of drug-likeness (QED) is 0.222. The third kappa shape index (κ3) is 3.28. The monoisotopic (exact) mass is 518 g/mol. The van der Waals surface area contributed by atoms with E-state index in [-0.39, 0.29) is 54.4 Å². The van der Waals surface area contributed by atoms with Gasteiger partial charge in [0.15, 0.2) is 0 Å². The molecule has 7 nitrogen and oxygen atoms in total. The third-order valence-corrected chi connectivity index (χ3v) is 9.49. The van der Waals surface area contributed by atoms with Crippen LogP contribution >= 0.6 is 0 Å². The number of esters is 1. The van der Waals surface area contributed by atoms with Crippen LogP contribution in [0.1, 0.15) is 12.8 Å². The fraction of sp³-hybridized carbons (Fsp3) is 0.312. The fourth-order valence-electron chi connectivity index (χ4n) is 7.62. The number of nitrogens with zero attached hydrogens (tertiary/aromatic N) is 2. The minimum Gasteiger partial charge on any atom is -0.426 e. The Hall–Kier alpha value is -4.26. The zero-order valence-electron chi connectivity index (χ0n) is 21.1. The van der Waals surface area contributed by atoms with Crippen LogP contribution in [-0.2, 0) is 19.2 Å². The summed E-state index contributed by atoms with van der Waals surface area (Å²) in [6.07, 6.45) is 5.53. The molecule has 2 heterocycles. The first-order valence-corrected chi connectivity index (χ1v) is 13.7. The molecule has 0 N–H and O–H groups in total. The molecule has 194 valence electrons. The Morgan fingerprint density at radius 1 is 0.795 bits per heavy atom. The number of rotatable bonds is 4. The van der Waals surface area contributed by atoms with E-state index in [4.69, 9.17) is 4.74 Å². The Morgan fingerprint density at radius 2 is 1.46 bits per heavy atom. The molecule has 2 saturated heterocycles. The molecule has 2 saturated carbocycles. The summed E-state index contributed by atoms with van der Waals surface area (Å²) in [4.78, 5) is 55.6. The second kappa shape index (κ2) is 8.12. The van der Waals surface area contributed by atoms with Gasteiger partial charge in [-0.2, -0.15) is 0 Å². The van der Waals surface area contributed by atoms with Crippen molar-refractivity contribution < 1.29 is 23.9 Å². The van der Waals surface area contributed by atoms with Gasteiger partial charge in [-0.05, 0) is 65.8 Å². The Balaban J connectivity index is 0.969. The van der Waals surface area contributed by atoms with Gasteiger partial charge >= 0.3 is 5.97 Å². The van der Waals surface area contributed by atoms with Crippen molar-refractivity contribution >= 4 is 45.8 Å². The van der Waals surface area contributed by atoms with Crippen LogP contribution in [0.4, 0.5) is 11.4 Å². The molecule has 4 fully saturated rings. The van der Waals surface area contributed by atoms with Gasteiger partial charge in [0.2, 0.25) is 17.7 Å². The fourth-order valence-corrected chi connectivity index (χ4v) is 7.62. The molecule has 2 aliphatic heterocycles. The first-order chi connectivity index (χ1) is 19.0. The average molecular weight is 519 g/mol. The molecule has 0 aromatic heterocycles. The molecule has 3 amide bonds. The van der Waals surface area contributed by atoms with Gasteiger partial charge in [0.1, 0.15) is 5.75 Å². The molecule has 2 bridgehead atoms. The highest BCUT2D eigenvalue weighted by Crippen LogP contribution is 2.65. The Labute approximate surface area is 225 Å². The maximum absolute atomic E-state index is 13.4. The first-order valence-electron chi connectivity index (χ1n) is 13.7. The zero-order valence-corrected chi connectivity index (χ0v) is 21.1. The standard InChI is InChI=1S/C32H26N2O5/c35-27-14-18(16-33(27)26-7-3-5-17-4-1-2-6-21(17)26)32(38)39-20-10-8-19(9-11-20)34-30(36)28-22-12-13-23(25-15-24(22)25)29(28)31(34)37/h1-13,18,22-25,28-29H,14-16H2/t18-,22-,23-,24-,25+,28-,29+/m0/s1. The topological polar surface area (TPSA) is 84.0 Å². The van der Waals surface area contributed by atoms with Gasteiger partial charge in [-0.1, -0.05) is 48.6 Å². The van der Waals surface area contributed by atoms with Crippen LogP contribution in [-0.4, -0.2) is 30.2 Å². The van der Waals surface area contributed by atoms with E-state index < -0.39 is 11.9 Å². The molecule has 0 radical (unpaired) electrons. The van der Waals surface area contributed by atoms with Crippen LogP contribution in [0.2, 0.25) is 0 Å². The summed E-state index contributed by atoms with van der Waals surface area (Å²) in [6, 6.07) is 20.2. The summed E-state index contributed by atoms with van der Waals surface area (Å²) in [6.45, 7) is 0.252. The number of fused-ring (bicyclic) bond motifs is 1. The van der Waals surface area contributed by atoms with Crippen molar-refractivity contribution in [3.05, 3.63) is 78.9 Å². The summed E-state index contributed by atoms with van der Waals surface area (Å²) in [5.41, 5.74) is 1.30. The van der Waals surface area contributed by atoms with Crippen molar-refractivity contribution in [1.29, 1.82) is 0 Å². The largest absolute Gasteiger partial charge is 0.426 e. The second-order valence-electron chi connectivity index (χ2n) is 11.5. The molecule has 9 rings (SSSR count). The van der Waals surface area contributed by atoms with Crippen LogP contribution in [0.25, 0.3) is 10.8 Å². The number of anilines is 2. The van der Waals surface area contributed by atoms with E-state index in [1.54, 1.807) is 29.2 Å². The van der Waals surface area contributed by atoms with Crippen LogP contribution in [0, 0.1) is 41.4 Å². The smallest absolute Gasteiger partial charge is 0.316 e. The van der Waals surface area contributed by atoms with Crippen LogP contribution in [0.15, 0.2) is 78.9 Å². The lowest BCUT2D eigenvalue weighted by molar-refractivity contribution is -0.139. The van der Waals surface area contributed by atoms with E-state index in [0.717, 1.165) is 22.9 Å². The van der Waals surface area contributed by atoms with E-state index in [9.17, 15) is 19.2 Å². The van der Waals surface area contributed by atoms with Crippen LogP contribution < -0.4 is 14.5 Å². The van der Waals surface area contributed by atoms with Crippen LogP contribution in [0.3, 0.4) is 0 Å². The van der Waals surface area contributed by atoms with E-state index in [1.807, 2.05) is 42.5 Å². The number of ether oxygens (including phenoxy) is 1. The number of benzene rings is 3. The summed E-state index contributed by atoms with van der Waals surface area (Å²) >= 11 is 0. The Morgan fingerprint density at radius 3 is 2.18 bits per heavy atom. The lowest BCUT2D eigenvalue weighted by Gasteiger charge is -2.37. The predicted molar refractivity (Wildman–Crippen MR) is 144 cm³/mol. The van der Waals surface area contributed by atoms with Crippen molar-refractivity contribution in [2.24, 2.45) is 41.4 Å². The van der Waals surface area contributed by atoms with Gasteiger partial charge < -0.3 is 9.64 Å². The highest BCUT2D eigenvalue weighted by Gasteiger charge is 2.67. The lowest BCUT2D eigenvalue weighted by atomic mass is 9.63. The molecular weight excluding hydrogens is 492 g/mol. The number of amides is 3. The molecule has 7 atom stereocenters. The number of allylic oxidation sites excluding steroid dienone is 2. The highest BCUT2D eigenvalue weighted by atomic mass is 16.5. The average Bonchev–Trinajstić information content (AvgIpc) is 3.64. The van der Waals surface area contributed by atoms with Gasteiger partial charge in [-0.15, -0.1) is 0 Å². The van der Waals surface area contributed by atoms with Crippen molar-refractivity contribution in [3.63, 3.8) is 0 Å². The molecule has 4 aliphatic carbocycles. The number of carbonyl (C=O) groups is 4.